The first-order valence-electron chi connectivity index (χ1n) is 40.4. The van der Waals surface area contributed by atoms with Crippen molar-refractivity contribution in [1.82, 2.24) is 45.2 Å². The van der Waals surface area contributed by atoms with Crippen LogP contribution in [0.3, 0.4) is 0 Å². The van der Waals surface area contributed by atoms with Gasteiger partial charge < -0.3 is 43.9 Å². The van der Waals surface area contributed by atoms with Crippen LogP contribution in [-0.2, 0) is 23.7 Å². The number of rotatable bonds is 16. The first-order chi connectivity index (χ1) is 57.6. The monoisotopic (exact) mass is 1600 g/mol. The topological polar surface area (TPSA) is 380 Å². The number of carbonyl (C=O) groups excluding carboxylic acids is 9. The lowest BCUT2D eigenvalue weighted by atomic mass is 9.93. The van der Waals surface area contributed by atoms with E-state index >= 15 is 0 Å². The third-order valence-corrected chi connectivity index (χ3v) is 23.0. The van der Waals surface area contributed by atoms with Crippen LogP contribution in [0.25, 0.3) is 0 Å². The highest BCUT2D eigenvalue weighted by atomic mass is 16.5. The number of carbonyl (C=O) groups is 9. The van der Waals surface area contributed by atoms with Crippen molar-refractivity contribution in [2.24, 2.45) is 17.8 Å². The maximum Gasteiger partial charge on any atom is 0.329 e. The molecule has 8 aromatic heterocycles. The molecular formula is C84H93N21O13. The molecule has 19 heterocycles. The number of anilines is 12. The smallest absolute Gasteiger partial charge is 0.329 e. The minimum absolute atomic E-state index is 0.00121. The van der Waals surface area contributed by atoms with Gasteiger partial charge in [-0.05, 0) is 173 Å². The van der Waals surface area contributed by atoms with Crippen molar-refractivity contribution in [1.29, 1.82) is 0 Å². The SMILES string of the molecule is COC(=O)CNC(=O)c1ccc2c(n1)N(C(=O)Nc1ccccn1)[C@H]1CCN2C1.O=C(CC1CCCOC1)c1ccc2c(n1)N(C(=O)Nc1ccccn1)[C@H]1CCN2C1.O=C(CC1CCOC1)c1ccc2c(n1)N(C(=O)Nc1ccccn1)[C@H]1CCN2C1.O=C(CC1CCOCC1)c1ccc2c(n1)N(C(=O)Nc1ccccn1)[C@H]1CCN2C1. The van der Waals surface area contributed by atoms with E-state index < -0.39 is 11.9 Å². The Morgan fingerprint density at radius 2 is 0.695 bits per heavy atom. The summed E-state index contributed by atoms with van der Waals surface area (Å²) in [5.41, 5.74) is 4.87. The summed E-state index contributed by atoms with van der Waals surface area (Å²) in [5.74, 6) is 3.81. The van der Waals surface area contributed by atoms with Crippen LogP contribution in [0.5, 0.6) is 0 Å². The fraction of sp³-hybridized carbons (Fsp3) is 0.417. The number of esters is 1. The molecule has 7 saturated heterocycles. The van der Waals surface area contributed by atoms with Crippen molar-refractivity contribution in [3.8, 4) is 0 Å². The number of ketones is 3. The van der Waals surface area contributed by atoms with Gasteiger partial charge in [0.25, 0.3) is 5.91 Å². The van der Waals surface area contributed by atoms with Crippen LogP contribution in [0.2, 0.25) is 0 Å². The van der Waals surface area contributed by atoms with Gasteiger partial charge in [0.05, 0.1) is 54.0 Å². The largest absolute Gasteiger partial charge is 0.468 e. The second-order valence-corrected chi connectivity index (χ2v) is 30.8. The molecule has 34 nitrogen and oxygen atoms in total. The first kappa shape index (κ1) is 79.2. The summed E-state index contributed by atoms with van der Waals surface area (Å²) in [7, 11) is 1.24. The normalized spacial score (nSPS) is 20.7. The summed E-state index contributed by atoms with van der Waals surface area (Å²) < 4.78 is 20.8. The van der Waals surface area contributed by atoms with Gasteiger partial charge in [0.15, 0.2) is 40.6 Å². The molecule has 6 atom stereocenters. The molecule has 118 heavy (non-hydrogen) atoms. The summed E-state index contributed by atoms with van der Waals surface area (Å²) in [5, 5.41) is 13.8. The van der Waals surface area contributed by atoms with Gasteiger partial charge in [-0.1, -0.05) is 24.3 Å². The number of Topliss-reactive ketones (excluding diaryl/α,β-unsaturated/α-hetero) is 3. The zero-order chi connectivity index (χ0) is 81.2. The predicted molar refractivity (Wildman–Crippen MR) is 440 cm³/mol. The van der Waals surface area contributed by atoms with E-state index in [-0.39, 0.29) is 89.7 Å². The fourth-order valence-electron chi connectivity index (χ4n) is 17.0. The molecule has 612 valence electrons. The molecule has 9 amide bonds. The molecule has 11 aliphatic rings. The fourth-order valence-corrected chi connectivity index (χ4v) is 17.0. The quantitative estimate of drug-likeness (QED) is 0.0443. The molecule has 0 spiro atoms. The number of fused-ring (bicyclic) bond motifs is 16. The minimum atomic E-state index is -0.558. The number of nitrogens with one attached hydrogen (secondary N) is 5. The zero-order valence-corrected chi connectivity index (χ0v) is 65.5. The molecular weight excluding hydrogens is 1510 g/mol. The zero-order valence-electron chi connectivity index (χ0n) is 65.5. The molecule has 0 radical (unpaired) electrons. The Hall–Kier alpha value is -12.7. The first-order valence-corrected chi connectivity index (χ1v) is 40.4. The van der Waals surface area contributed by atoms with Crippen molar-refractivity contribution in [2.75, 3.05) is 166 Å². The lowest BCUT2D eigenvalue weighted by molar-refractivity contribution is -0.139. The van der Waals surface area contributed by atoms with Crippen LogP contribution in [0.4, 0.5) is 88.5 Å². The van der Waals surface area contributed by atoms with Crippen LogP contribution in [0.1, 0.15) is 119 Å². The van der Waals surface area contributed by atoms with Gasteiger partial charge in [-0.25, -0.2) is 59.0 Å². The summed E-state index contributed by atoms with van der Waals surface area (Å²) in [6.07, 6.45) is 16.0. The Kier molecular flexibility index (Phi) is 24.3. The van der Waals surface area contributed by atoms with E-state index in [1.807, 2.05) is 36.4 Å². The minimum Gasteiger partial charge on any atom is -0.468 e. The van der Waals surface area contributed by atoms with E-state index in [1.165, 1.54) is 7.11 Å². The van der Waals surface area contributed by atoms with Crippen molar-refractivity contribution in [2.45, 2.75) is 101 Å². The number of urea groups is 4. The average Bonchev–Trinajstić information content (AvgIpc) is 1.57. The summed E-state index contributed by atoms with van der Waals surface area (Å²) in [6.45, 7) is 10.4. The van der Waals surface area contributed by atoms with Crippen molar-refractivity contribution in [3.05, 3.63) is 169 Å². The van der Waals surface area contributed by atoms with Crippen LogP contribution >= 0.6 is 0 Å². The second-order valence-electron chi connectivity index (χ2n) is 30.8. The standard InChI is InChI=1S/2C22H25N5O3.C21H23N5O3.C19H20N6O4/c28-19(12-15-4-3-11-30-14-15)17-6-7-18-21(24-17)27(16-8-10-26(18)13-16)22(29)25-20-5-1-2-9-23-20;28-19(13-15-7-11-30-12-8-15)17-4-5-18-21(24-17)27(16-6-10-26(18)14-16)22(29)25-20-3-1-2-9-23-20;27-18(11-14-7-10-29-13-14)16-4-5-17-20(23-16)26(15-6-9-25(17)12-15)21(28)24-19-3-1-2-8-22-19;1-29-16(26)10-21-18(27)13-5-6-14-17(22-13)25(12-7-9-24(14)11-12)19(28)23-15-4-2-3-8-20-15/h1-2,5-7,9,15-16H,3-4,8,10-14H2,(H,23,25,29);1-5,9,15-16H,6-8,10-14H2,(H,23,25,29);1-5,8,14-15H,6-7,9-13H2,(H,22,24,28);2-6,8,12H,7,9-11H2,1H3,(H,21,27)(H,20,23,28)/t15?,16-;16-;14?,15-;12-/m0000/s1. The molecule has 0 aliphatic carbocycles. The predicted octanol–water partition coefficient (Wildman–Crippen LogP) is 9.94. The van der Waals surface area contributed by atoms with Crippen LogP contribution in [0.15, 0.2) is 146 Å². The lowest BCUT2D eigenvalue weighted by Crippen LogP contribution is -2.48. The van der Waals surface area contributed by atoms with E-state index in [9.17, 15) is 43.2 Å². The van der Waals surface area contributed by atoms with E-state index in [2.05, 4.69) is 90.8 Å². The van der Waals surface area contributed by atoms with Gasteiger partial charge in [-0.15, -0.1) is 0 Å². The van der Waals surface area contributed by atoms with Gasteiger partial charge in [-0.2, -0.15) is 0 Å². The Balaban J connectivity index is 0.000000118. The molecule has 2 unspecified atom stereocenters. The molecule has 0 aromatic carbocycles. The van der Waals surface area contributed by atoms with Crippen LogP contribution < -0.4 is 65.8 Å². The number of amides is 9. The van der Waals surface area contributed by atoms with E-state index in [0.717, 1.165) is 133 Å². The van der Waals surface area contributed by atoms with Crippen LogP contribution in [-0.4, -0.2) is 223 Å². The van der Waals surface area contributed by atoms with E-state index in [1.54, 1.807) is 129 Å². The number of hydrogen-bond donors (Lipinski definition) is 5. The highest BCUT2D eigenvalue weighted by Crippen LogP contribution is 2.44. The number of nitrogens with zero attached hydrogens (tertiary/aromatic N) is 16. The van der Waals surface area contributed by atoms with Gasteiger partial charge in [-0.3, -0.25) is 64.8 Å². The number of methoxy groups -OCH3 is 1. The van der Waals surface area contributed by atoms with Gasteiger partial charge in [0.1, 0.15) is 52.6 Å². The van der Waals surface area contributed by atoms with Crippen molar-refractivity contribution in [3.63, 3.8) is 0 Å². The Bertz CT molecular complexity index is 4850. The summed E-state index contributed by atoms with van der Waals surface area (Å²) in [6, 6.07) is 34.8. The van der Waals surface area contributed by atoms with Crippen molar-refractivity contribution < 1.29 is 62.1 Å². The molecule has 8 bridgehead atoms. The molecule has 8 aromatic rings. The lowest BCUT2D eigenvalue weighted by Gasteiger charge is -2.35. The third kappa shape index (κ3) is 18.0. The molecule has 34 heteroatoms. The molecule has 7 fully saturated rings. The van der Waals surface area contributed by atoms with Gasteiger partial charge in [0.2, 0.25) is 0 Å². The molecule has 0 saturated carbocycles. The van der Waals surface area contributed by atoms with Gasteiger partial charge in [0, 0.05) is 136 Å². The average molecular weight is 1600 g/mol. The second kappa shape index (κ2) is 36.2. The number of pyridine rings is 8. The summed E-state index contributed by atoms with van der Waals surface area (Å²) >= 11 is 0. The molecule has 11 aliphatic heterocycles. The Morgan fingerprint density at radius 1 is 0.373 bits per heavy atom. The molecule has 5 N–H and O–H groups in total. The Labute approximate surface area is 680 Å². The number of hydrogen-bond acceptors (Lipinski definition) is 25. The number of ether oxygens (including phenoxy) is 4. The van der Waals surface area contributed by atoms with Gasteiger partial charge >= 0.3 is 30.1 Å². The maximum atomic E-state index is 13.1. The summed E-state index contributed by atoms with van der Waals surface area (Å²) in [4.78, 5) is 165. The van der Waals surface area contributed by atoms with Crippen molar-refractivity contribution >= 4 is 123 Å². The Morgan fingerprint density at radius 3 is 1.02 bits per heavy atom. The third-order valence-electron chi connectivity index (χ3n) is 23.0. The van der Waals surface area contributed by atoms with Crippen LogP contribution in [0, 0.1) is 17.8 Å². The highest BCUT2D eigenvalue weighted by Gasteiger charge is 2.46. The highest BCUT2D eigenvalue weighted by molar-refractivity contribution is 6.09. The molecule has 19 rings (SSSR count). The van der Waals surface area contributed by atoms with E-state index in [0.29, 0.717) is 128 Å². The maximum absolute atomic E-state index is 13.1. The van der Waals surface area contributed by atoms with E-state index in [4.69, 9.17) is 14.2 Å². The number of aromatic nitrogens is 8.